The van der Waals surface area contributed by atoms with E-state index < -0.39 is 0 Å². The fourth-order valence-electron chi connectivity index (χ4n) is 1.98. The van der Waals surface area contributed by atoms with Gasteiger partial charge in [-0.25, -0.2) is 0 Å². The molecule has 2 atom stereocenters. The molecule has 1 aliphatic heterocycles. The van der Waals surface area contributed by atoms with Gasteiger partial charge in [-0.15, -0.1) is 20.4 Å². The number of aliphatic hydroxyl groups is 2. The van der Waals surface area contributed by atoms with Crippen molar-refractivity contribution in [2.45, 2.75) is 19.5 Å². The van der Waals surface area contributed by atoms with Crippen molar-refractivity contribution in [3.8, 4) is 0 Å². The van der Waals surface area contributed by atoms with Crippen LogP contribution in [0.2, 0.25) is 0 Å². The summed E-state index contributed by atoms with van der Waals surface area (Å²) in [5.41, 5.74) is 0. The molecule has 0 saturated heterocycles. The van der Waals surface area contributed by atoms with Gasteiger partial charge in [-0.2, -0.15) is 0 Å². The third-order valence-electron chi connectivity index (χ3n) is 3.28. The molecule has 0 spiro atoms. The Morgan fingerprint density at radius 3 is 2.83 bits per heavy atom. The number of allylic oxidation sites excluding steroid dienone is 3. The number of hydrogen-bond acceptors (Lipinski definition) is 5. The monoisotopic (exact) mass is 335 g/mol. The number of likely N-dealkylation sites (N-methyl/N-ethyl adjacent to an activating group) is 1. The Bertz CT molecular complexity index is 525. The van der Waals surface area contributed by atoms with Crippen LogP contribution in [-0.4, -0.2) is 66.8 Å². The number of hydrogen-bond donors (Lipinski definition) is 3. The first-order valence-electron chi connectivity index (χ1n) is 8.02. The van der Waals surface area contributed by atoms with Crippen molar-refractivity contribution in [3.05, 3.63) is 36.6 Å². The van der Waals surface area contributed by atoms with E-state index in [0.29, 0.717) is 18.9 Å². The summed E-state index contributed by atoms with van der Waals surface area (Å²) in [6.07, 6.45) is 13.5. The van der Waals surface area contributed by atoms with Crippen LogP contribution in [0.25, 0.3) is 0 Å². The molecule has 0 amide bonds. The molecular weight excluding hydrogens is 308 g/mol. The van der Waals surface area contributed by atoms with Gasteiger partial charge in [-0.3, -0.25) is 4.90 Å². The predicted octanol–water partition coefficient (Wildman–Crippen LogP) is -0.0425. The fraction of sp³-hybridized carbons (Fsp3) is 0.500. The van der Waals surface area contributed by atoms with E-state index in [1.807, 2.05) is 55.5 Å². The molecule has 0 aromatic heterocycles. The Kier molecular flexibility index (Phi) is 10.2. The molecule has 0 bridgehead atoms. The standard InChI is InChI=1S/C16H26N6O2/c1-3-4-7-15(21(2)10-12-23)19-17-14-18-20-16-8-5-6-9-22(16)11-13-24/h4-9,14,16,23-24H,3,10-13H2,1-2H3/p+1/b7-4-,17-14+,19-15+,20-18?. The van der Waals surface area contributed by atoms with Crippen molar-refractivity contribution >= 4 is 12.2 Å². The van der Waals surface area contributed by atoms with Gasteiger partial charge in [0.1, 0.15) is 6.54 Å². The second-order valence-corrected chi connectivity index (χ2v) is 5.11. The maximum Gasteiger partial charge on any atom is 0.224 e. The first kappa shape index (κ1) is 19.9. The molecule has 1 heterocycles. The summed E-state index contributed by atoms with van der Waals surface area (Å²) in [5.74, 6) is 0.644. The average molecular weight is 335 g/mol. The highest BCUT2D eigenvalue weighted by Crippen LogP contribution is 1.94. The van der Waals surface area contributed by atoms with Gasteiger partial charge in [0.05, 0.1) is 19.4 Å². The van der Waals surface area contributed by atoms with Gasteiger partial charge in [0, 0.05) is 13.6 Å². The predicted molar refractivity (Wildman–Crippen MR) is 94.9 cm³/mol. The van der Waals surface area contributed by atoms with E-state index in [4.69, 9.17) is 10.2 Å². The highest BCUT2D eigenvalue weighted by Gasteiger charge is 2.17. The first-order valence-corrected chi connectivity index (χ1v) is 8.02. The highest BCUT2D eigenvalue weighted by atomic mass is 16.3. The van der Waals surface area contributed by atoms with Crippen molar-refractivity contribution in [2.24, 2.45) is 20.4 Å². The Labute approximate surface area is 142 Å². The maximum absolute atomic E-state index is 9.05. The molecule has 0 radical (unpaired) electrons. The van der Waals surface area contributed by atoms with Crippen LogP contribution in [0.15, 0.2) is 57.0 Å². The Morgan fingerprint density at radius 1 is 1.29 bits per heavy atom. The van der Waals surface area contributed by atoms with E-state index in [1.165, 1.54) is 6.34 Å². The topological polar surface area (TPSA) is 97.6 Å². The third kappa shape index (κ3) is 7.40. The van der Waals surface area contributed by atoms with Crippen LogP contribution in [0.4, 0.5) is 0 Å². The van der Waals surface area contributed by atoms with E-state index in [-0.39, 0.29) is 19.4 Å². The lowest BCUT2D eigenvalue weighted by molar-refractivity contribution is -0.867. The molecular formula is C16H27N6O2+. The van der Waals surface area contributed by atoms with Crippen molar-refractivity contribution in [2.75, 3.05) is 33.4 Å². The zero-order valence-electron chi connectivity index (χ0n) is 14.3. The summed E-state index contributed by atoms with van der Waals surface area (Å²) < 4.78 is 0. The molecule has 0 aromatic carbocycles. The number of quaternary nitrogens is 1. The van der Waals surface area contributed by atoms with Gasteiger partial charge in [-0.05, 0) is 24.6 Å². The Morgan fingerprint density at radius 2 is 2.12 bits per heavy atom. The van der Waals surface area contributed by atoms with Crippen LogP contribution in [0.5, 0.6) is 0 Å². The maximum atomic E-state index is 9.05. The number of azo groups is 1. The summed E-state index contributed by atoms with van der Waals surface area (Å²) in [5, 5.41) is 34.2. The molecule has 8 nitrogen and oxygen atoms in total. The van der Waals surface area contributed by atoms with Crippen LogP contribution >= 0.6 is 0 Å². The number of amidine groups is 1. The Balaban J connectivity index is 2.66. The largest absolute Gasteiger partial charge is 0.395 e. The summed E-state index contributed by atoms with van der Waals surface area (Å²) in [6.45, 7) is 3.21. The van der Waals surface area contributed by atoms with Crippen molar-refractivity contribution in [3.63, 3.8) is 0 Å². The lowest BCUT2D eigenvalue weighted by atomic mass is 10.3. The van der Waals surface area contributed by atoms with E-state index in [9.17, 15) is 0 Å². The lowest BCUT2D eigenvalue weighted by Crippen LogP contribution is -3.11. The lowest BCUT2D eigenvalue weighted by Gasteiger charge is -2.19. The van der Waals surface area contributed by atoms with Crippen molar-refractivity contribution in [1.29, 1.82) is 0 Å². The second kappa shape index (κ2) is 12.3. The number of nitrogens with one attached hydrogen (secondary N) is 1. The van der Waals surface area contributed by atoms with E-state index >= 15 is 0 Å². The van der Waals surface area contributed by atoms with E-state index in [0.717, 1.165) is 11.3 Å². The molecule has 0 fully saturated rings. The summed E-state index contributed by atoms with van der Waals surface area (Å²) in [6, 6.07) is 0. The molecule has 3 N–H and O–H groups in total. The zero-order chi connectivity index (χ0) is 17.6. The minimum absolute atomic E-state index is 0.0455. The van der Waals surface area contributed by atoms with Gasteiger partial charge in [-0.1, -0.05) is 19.1 Å². The minimum atomic E-state index is -0.172. The molecule has 8 heteroatoms. The molecule has 0 aliphatic carbocycles. The summed E-state index contributed by atoms with van der Waals surface area (Å²) >= 11 is 0. The number of nitrogens with zero attached hydrogens (tertiary/aromatic N) is 5. The van der Waals surface area contributed by atoms with Gasteiger partial charge in [0.2, 0.25) is 6.17 Å². The van der Waals surface area contributed by atoms with Gasteiger partial charge < -0.3 is 15.1 Å². The minimum Gasteiger partial charge on any atom is -0.395 e. The highest BCUT2D eigenvalue weighted by molar-refractivity contribution is 5.92. The fourth-order valence-corrected chi connectivity index (χ4v) is 1.98. The molecule has 0 aromatic rings. The Hall–Kier alpha value is -2.16. The molecule has 24 heavy (non-hydrogen) atoms. The molecule has 132 valence electrons. The van der Waals surface area contributed by atoms with Crippen LogP contribution < -0.4 is 4.90 Å². The van der Waals surface area contributed by atoms with Crippen LogP contribution in [-0.2, 0) is 0 Å². The summed E-state index contributed by atoms with van der Waals surface area (Å²) in [7, 11) is 1.83. The van der Waals surface area contributed by atoms with Crippen LogP contribution in [0.3, 0.4) is 0 Å². The van der Waals surface area contributed by atoms with Crippen LogP contribution in [0.1, 0.15) is 13.3 Å². The van der Waals surface area contributed by atoms with Gasteiger partial charge >= 0.3 is 0 Å². The zero-order valence-corrected chi connectivity index (χ0v) is 14.3. The average Bonchev–Trinajstić information content (AvgIpc) is 2.59. The second-order valence-electron chi connectivity index (χ2n) is 5.11. The van der Waals surface area contributed by atoms with Crippen molar-refractivity contribution in [1.82, 2.24) is 4.90 Å². The first-order chi connectivity index (χ1) is 11.7. The number of aliphatic hydroxyl groups excluding tert-OH is 2. The smallest absolute Gasteiger partial charge is 0.224 e. The van der Waals surface area contributed by atoms with E-state index in [1.54, 1.807) is 0 Å². The third-order valence-corrected chi connectivity index (χ3v) is 3.28. The SMILES string of the molecule is CC\C=C/C(=N\N=C\N=NC1C=CC=C[NH+]1CCO)N(C)CCO. The molecule has 2 unspecified atom stereocenters. The van der Waals surface area contributed by atoms with Crippen molar-refractivity contribution < 1.29 is 15.1 Å². The van der Waals surface area contributed by atoms with Gasteiger partial charge in [0.15, 0.2) is 12.2 Å². The van der Waals surface area contributed by atoms with E-state index in [2.05, 4.69) is 20.4 Å². The summed E-state index contributed by atoms with van der Waals surface area (Å²) in [4.78, 5) is 2.82. The molecule has 1 aliphatic rings. The molecule has 1 rings (SSSR count). The normalized spacial score (nSPS) is 21.6. The van der Waals surface area contributed by atoms with Gasteiger partial charge in [0.25, 0.3) is 0 Å². The van der Waals surface area contributed by atoms with Crippen LogP contribution in [0, 0.1) is 0 Å². The number of rotatable bonds is 9. The quantitative estimate of drug-likeness (QED) is 0.239. The molecule has 0 saturated carbocycles.